The minimum atomic E-state index is -0.399. The zero-order valence-corrected chi connectivity index (χ0v) is 17.0. The first kappa shape index (κ1) is 20.3. The molecule has 0 N–H and O–H groups in total. The number of hydrogen-bond acceptors (Lipinski definition) is 5. The molecule has 1 aromatic carbocycles. The summed E-state index contributed by atoms with van der Waals surface area (Å²) in [6, 6.07) is 8.15. The van der Waals surface area contributed by atoms with Gasteiger partial charge in [0.05, 0.1) is 24.6 Å². The number of nitrogens with zero attached hydrogens (tertiary/aromatic N) is 1. The molecule has 1 aliphatic carbocycles. The van der Waals surface area contributed by atoms with E-state index in [1.54, 1.807) is 6.92 Å². The highest BCUT2D eigenvalue weighted by Gasteiger charge is 2.33. The highest BCUT2D eigenvalue weighted by atomic mass is 16.6. The summed E-state index contributed by atoms with van der Waals surface area (Å²) >= 11 is 0. The molecule has 28 heavy (non-hydrogen) atoms. The number of aryl methyl sites for hydroxylation is 1. The summed E-state index contributed by atoms with van der Waals surface area (Å²) in [6.07, 6.45) is 4.67. The molecule has 0 unspecified atom stereocenters. The predicted molar refractivity (Wildman–Crippen MR) is 108 cm³/mol. The molecule has 1 heterocycles. The average Bonchev–Trinajstić information content (AvgIpc) is 2.92. The van der Waals surface area contributed by atoms with Crippen LogP contribution in [0.15, 0.2) is 40.4 Å². The third-order valence-electron chi connectivity index (χ3n) is 5.43. The van der Waals surface area contributed by atoms with Crippen molar-refractivity contribution in [2.75, 3.05) is 6.61 Å². The number of rotatable bonds is 6. The second kappa shape index (κ2) is 9.18. The first-order valence-electron chi connectivity index (χ1n) is 10.2. The highest BCUT2D eigenvalue weighted by Crippen LogP contribution is 2.30. The van der Waals surface area contributed by atoms with Gasteiger partial charge in [-0.2, -0.15) is 0 Å². The van der Waals surface area contributed by atoms with Crippen molar-refractivity contribution >= 4 is 17.8 Å². The van der Waals surface area contributed by atoms with Crippen molar-refractivity contribution < 1.29 is 19.1 Å². The normalized spacial score (nSPS) is 23.8. The molecule has 0 amide bonds. The molecule has 0 radical (unpaired) electrons. The molecule has 1 saturated carbocycles. The number of carbonyl (C=O) groups is 2. The second-order valence-corrected chi connectivity index (χ2v) is 7.84. The summed E-state index contributed by atoms with van der Waals surface area (Å²) in [5.41, 5.74) is 3.24. The van der Waals surface area contributed by atoms with Crippen LogP contribution in [-0.4, -0.2) is 30.5 Å². The zero-order valence-electron chi connectivity index (χ0n) is 17.0. The predicted octanol–water partition coefficient (Wildman–Crippen LogP) is 4.32. The Morgan fingerprint density at radius 3 is 2.64 bits per heavy atom. The van der Waals surface area contributed by atoms with Crippen molar-refractivity contribution in [2.45, 2.75) is 65.3 Å². The number of aliphatic imine (C=N–C) groups is 1. The number of cyclic esters (lactones) is 1. The highest BCUT2D eigenvalue weighted by molar-refractivity contribution is 6.16. The Morgan fingerprint density at radius 2 is 1.96 bits per heavy atom. The lowest BCUT2D eigenvalue weighted by Gasteiger charge is -2.23. The number of ether oxygens (including phenoxy) is 2. The van der Waals surface area contributed by atoms with E-state index in [9.17, 15) is 9.59 Å². The smallest absolute Gasteiger partial charge is 0.341 e. The van der Waals surface area contributed by atoms with Crippen molar-refractivity contribution in [3.8, 4) is 0 Å². The van der Waals surface area contributed by atoms with Crippen molar-refractivity contribution in [3.05, 3.63) is 46.5 Å². The molecule has 0 aromatic heterocycles. The maximum Gasteiger partial charge on any atom is 0.341 e. The Labute approximate surface area is 166 Å². The van der Waals surface area contributed by atoms with Crippen LogP contribution in [-0.2, 0) is 25.5 Å². The summed E-state index contributed by atoms with van der Waals surface area (Å²) in [4.78, 5) is 29.5. The Balaban J connectivity index is 1.89. The lowest BCUT2D eigenvalue weighted by atomic mass is 9.87. The van der Waals surface area contributed by atoms with Crippen molar-refractivity contribution in [3.63, 3.8) is 0 Å². The molecule has 3 rings (SSSR count). The molecular formula is C23H29NO4. The van der Waals surface area contributed by atoms with Gasteiger partial charge in [-0.25, -0.2) is 9.79 Å². The molecule has 1 fully saturated rings. The monoisotopic (exact) mass is 383 g/mol. The molecule has 1 aromatic rings. The van der Waals surface area contributed by atoms with Gasteiger partial charge >= 0.3 is 11.9 Å². The van der Waals surface area contributed by atoms with Crippen LogP contribution in [0.4, 0.5) is 0 Å². The molecule has 0 spiro atoms. The first-order valence-corrected chi connectivity index (χ1v) is 10.2. The first-order chi connectivity index (χ1) is 13.5. The Kier molecular flexibility index (Phi) is 6.65. The summed E-state index contributed by atoms with van der Waals surface area (Å²) in [5.74, 6) is 0.278. The van der Waals surface area contributed by atoms with Gasteiger partial charge in [-0.3, -0.25) is 4.79 Å². The van der Waals surface area contributed by atoms with Gasteiger partial charge in [-0.1, -0.05) is 36.8 Å². The second-order valence-electron chi connectivity index (χ2n) is 7.84. The van der Waals surface area contributed by atoms with E-state index >= 15 is 0 Å². The third kappa shape index (κ3) is 5.09. The van der Waals surface area contributed by atoms with Crippen molar-refractivity contribution in [1.82, 2.24) is 0 Å². The number of benzene rings is 1. The molecule has 1 aliphatic heterocycles. The van der Waals surface area contributed by atoms with E-state index in [-0.39, 0.29) is 18.4 Å². The molecular weight excluding hydrogens is 354 g/mol. The fourth-order valence-corrected chi connectivity index (χ4v) is 3.85. The fraction of sp³-hybridized carbons (Fsp3) is 0.522. The maximum absolute atomic E-state index is 12.6. The largest absolute Gasteiger partial charge is 0.466 e. The quantitative estimate of drug-likeness (QED) is 0.686. The number of hydrogen-bond donors (Lipinski definition) is 0. The molecule has 5 heteroatoms. The van der Waals surface area contributed by atoms with Gasteiger partial charge < -0.3 is 9.47 Å². The van der Waals surface area contributed by atoms with Crippen molar-refractivity contribution in [1.29, 1.82) is 0 Å². The lowest BCUT2D eigenvalue weighted by Crippen LogP contribution is -2.19. The van der Waals surface area contributed by atoms with E-state index in [0.717, 1.165) is 36.8 Å². The summed E-state index contributed by atoms with van der Waals surface area (Å²) in [5, 5.41) is 0. The van der Waals surface area contributed by atoms with Crippen LogP contribution < -0.4 is 0 Å². The maximum atomic E-state index is 12.6. The van der Waals surface area contributed by atoms with Crippen LogP contribution in [0.1, 0.15) is 57.1 Å². The van der Waals surface area contributed by atoms with Gasteiger partial charge in [0.2, 0.25) is 5.90 Å². The Morgan fingerprint density at radius 1 is 1.21 bits per heavy atom. The van der Waals surface area contributed by atoms with Gasteiger partial charge in [0.1, 0.15) is 0 Å². The van der Waals surface area contributed by atoms with Gasteiger partial charge in [0.25, 0.3) is 0 Å². The fourth-order valence-electron chi connectivity index (χ4n) is 3.85. The Hall–Kier alpha value is -2.43. The molecule has 0 saturated heterocycles. The SMILES string of the molecule is CCOC(=O)CC1=C(Cc2cccc(C)c2)C(=O)O/C1=N\C1CCC(C)CC1. The van der Waals surface area contributed by atoms with Crippen LogP contribution in [0.2, 0.25) is 0 Å². The number of carbonyl (C=O) groups excluding carboxylic acids is 2. The molecule has 150 valence electrons. The molecule has 0 bridgehead atoms. The van der Waals surface area contributed by atoms with E-state index in [4.69, 9.17) is 14.5 Å². The van der Waals surface area contributed by atoms with Gasteiger partial charge in [0.15, 0.2) is 0 Å². The standard InChI is InChI=1S/C23H29NO4/c1-4-27-21(25)14-19-20(13-17-7-5-6-16(3)12-17)23(26)28-22(19)24-18-10-8-15(2)9-11-18/h5-7,12,15,18H,4,8-11,13-14H2,1-3H3/b24-22-. The lowest BCUT2D eigenvalue weighted by molar-refractivity contribution is -0.142. The van der Waals surface area contributed by atoms with Gasteiger partial charge in [0, 0.05) is 12.0 Å². The number of esters is 2. The van der Waals surface area contributed by atoms with Crippen LogP contribution in [0.3, 0.4) is 0 Å². The van der Waals surface area contributed by atoms with E-state index in [0.29, 0.717) is 36.0 Å². The topological polar surface area (TPSA) is 65.0 Å². The van der Waals surface area contributed by atoms with Crippen molar-refractivity contribution in [2.24, 2.45) is 10.9 Å². The van der Waals surface area contributed by atoms with E-state index in [1.165, 1.54) is 0 Å². The van der Waals surface area contributed by atoms with E-state index in [1.807, 2.05) is 31.2 Å². The van der Waals surface area contributed by atoms with E-state index < -0.39 is 5.97 Å². The minimum Gasteiger partial charge on any atom is -0.466 e. The van der Waals surface area contributed by atoms with Gasteiger partial charge in [-0.15, -0.1) is 0 Å². The summed E-state index contributed by atoms with van der Waals surface area (Å²) in [7, 11) is 0. The zero-order chi connectivity index (χ0) is 20.1. The van der Waals surface area contributed by atoms with Gasteiger partial charge in [-0.05, 0) is 51.0 Å². The summed E-state index contributed by atoms with van der Waals surface area (Å²) in [6.45, 7) is 6.35. The summed E-state index contributed by atoms with van der Waals surface area (Å²) < 4.78 is 10.6. The van der Waals surface area contributed by atoms with E-state index in [2.05, 4.69) is 6.92 Å². The molecule has 0 atom stereocenters. The van der Waals surface area contributed by atoms with Crippen LogP contribution in [0.5, 0.6) is 0 Å². The average molecular weight is 383 g/mol. The van der Waals surface area contributed by atoms with Crippen LogP contribution in [0.25, 0.3) is 0 Å². The minimum absolute atomic E-state index is 0.0166. The van der Waals surface area contributed by atoms with Crippen LogP contribution in [0, 0.1) is 12.8 Å². The Bertz CT molecular complexity index is 801. The third-order valence-corrected chi connectivity index (χ3v) is 5.43. The van der Waals surface area contributed by atoms with Crippen LogP contribution >= 0.6 is 0 Å². The molecule has 2 aliphatic rings. The molecule has 5 nitrogen and oxygen atoms in total.